The number of rotatable bonds is 7. The third kappa shape index (κ3) is 5.95. The van der Waals surface area contributed by atoms with Gasteiger partial charge < -0.3 is 11.1 Å². The number of amides is 1. The van der Waals surface area contributed by atoms with Crippen LogP contribution in [0, 0.1) is 0 Å². The average Bonchev–Trinajstić information content (AvgIpc) is 2.99. The van der Waals surface area contributed by atoms with E-state index in [1.165, 1.54) is 23.5 Å². The van der Waals surface area contributed by atoms with Crippen molar-refractivity contribution in [1.29, 1.82) is 0 Å². The Bertz CT molecular complexity index is 825. The second-order valence-electron chi connectivity index (χ2n) is 5.07. The van der Waals surface area contributed by atoms with E-state index in [0.717, 1.165) is 4.88 Å². The fourth-order valence-corrected chi connectivity index (χ4v) is 4.16. The van der Waals surface area contributed by atoms with Gasteiger partial charge in [-0.3, -0.25) is 4.79 Å². The third-order valence-electron chi connectivity index (χ3n) is 3.26. The van der Waals surface area contributed by atoms with Crippen LogP contribution in [-0.2, 0) is 14.8 Å². The van der Waals surface area contributed by atoms with Crippen LogP contribution in [0.4, 0.5) is 5.69 Å². The maximum Gasteiger partial charge on any atom is 0.240 e. The van der Waals surface area contributed by atoms with Crippen molar-refractivity contribution in [3.05, 3.63) is 45.6 Å². The Morgan fingerprint density at radius 3 is 2.64 bits per heavy atom. The molecule has 25 heavy (non-hydrogen) atoms. The summed E-state index contributed by atoms with van der Waals surface area (Å²) in [5.41, 5.74) is 5.72. The van der Waals surface area contributed by atoms with Crippen LogP contribution in [0.5, 0.6) is 0 Å². The summed E-state index contributed by atoms with van der Waals surface area (Å²) in [6.45, 7) is 2.12. The lowest BCUT2D eigenvalue weighted by Gasteiger charge is -2.12. The second-order valence-corrected chi connectivity index (χ2v) is 8.58. The minimum Gasteiger partial charge on any atom is -0.329 e. The summed E-state index contributed by atoms with van der Waals surface area (Å²) in [6.07, 6.45) is 0. The lowest BCUT2D eigenvalue weighted by molar-refractivity contribution is -0.117. The van der Waals surface area contributed by atoms with Crippen LogP contribution in [0.3, 0.4) is 0 Å². The molecule has 2 rings (SSSR count). The summed E-state index contributed by atoms with van der Waals surface area (Å²) < 4.78 is 27.2. The molecule has 0 fully saturated rings. The molecule has 0 saturated heterocycles. The molecule has 0 radical (unpaired) electrons. The van der Waals surface area contributed by atoms with E-state index in [1.807, 2.05) is 0 Å². The van der Waals surface area contributed by atoms with Crippen LogP contribution in [0.25, 0.3) is 0 Å². The molecule has 10 heteroatoms. The number of nitrogens with one attached hydrogen (secondary N) is 2. The van der Waals surface area contributed by atoms with Gasteiger partial charge in [0.25, 0.3) is 0 Å². The summed E-state index contributed by atoms with van der Waals surface area (Å²) in [5.74, 6) is -0.629. The Balaban J connectivity index is 0.00000312. The predicted octanol–water partition coefficient (Wildman–Crippen LogP) is 2.80. The van der Waals surface area contributed by atoms with Crippen molar-refractivity contribution >= 4 is 57.0 Å². The molecule has 0 aliphatic heterocycles. The zero-order chi connectivity index (χ0) is 17.7. The molecule has 6 nitrogen and oxygen atoms in total. The molecular weight excluding hydrogens is 405 g/mol. The first-order valence-corrected chi connectivity index (χ1v) is 9.87. The zero-order valence-electron chi connectivity index (χ0n) is 13.4. The minimum atomic E-state index is -3.65. The van der Waals surface area contributed by atoms with Gasteiger partial charge in [-0.2, -0.15) is 0 Å². The molecule has 0 aliphatic carbocycles. The molecule has 0 bridgehead atoms. The van der Waals surface area contributed by atoms with Crippen LogP contribution in [0.15, 0.2) is 41.3 Å². The van der Waals surface area contributed by atoms with E-state index >= 15 is 0 Å². The first-order valence-electron chi connectivity index (χ1n) is 7.19. The Morgan fingerprint density at radius 1 is 1.32 bits per heavy atom. The normalized spacial score (nSPS) is 12.3. The van der Waals surface area contributed by atoms with E-state index in [-0.39, 0.29) is 36.3 Å². The molecule has 0 saturated carbocycles. The van der Waals surface area contributed by atoms with Crippen LogP contribution in [0.1, 0.15) is 17.7 Å². The molecular formula is C15H19Cl2N3O3S2. The standard InChI is InChI=1S/C15H18ClN3O3S2.ClH/c1-10(13-5-6-14(16)23-13)15(20)19-11-3-2-4-12(9-11)24(21,22)18-8-7-17;/h2-6,9-10,18H,7-8,17H2,1H3,(H,19,20);1H. The molecule has 0 aliphatic rings. The van der Waals surface area contributed by atoms with Gasteiger partial charge in [-0.25, -0.2) is 13.1 Å². The summed E-state index contributed by atoms with van der Waals surface area (Å²) in [6, 6.07) is 9.60. The Morgan fingerprint density at radius 2 is 2.04 bits per heavy atom. The van der Waals surface area contributed by atoms with Crippen LogP contribution < -0.4 is 15.8 Å². The number of carbonyl (C=O) groups excluding carboxylic acids is 1. The van der Waals surface area contributed by atoms with Crippen molar-refractivity contribution in [3.8, 4) is 0 Å². The fourth-order valence-electron chi connectivity index (χ4n) is 1.96. The van der Waals surface area contributed by atoms with Gasteiger partial charge in [0.1, 0.15) is 0 Å². The number of anilines is 1. The molecule has 1 unspecified atom stereocenters. The van der Waals surface area contributed by atoms with E-state index in [1.54, 1.807) is 31.2 Å². The molecule has 1 aromatic carbocycles. The van der Waals surface area contributed by atoms with E-state index in [2.05, 4.69) is 10.0 Å². The highest BCUT2D eigenvalue weighted by molar-refractivity contribution is 7.89. The first-order chi connectivity index (χ1) is 11.3. The predicted molar refractivity (Wildman–Crippen MR) is 104 cm³/mol. The number of hydrogen-bond donors (Lipinski definition) is 3. The molecule has 1 heterocycles. The van der Waals surface area contributed by atoms with E-state index in [0.29, 0.717) is 10.0 Å². The maximum atomic E-state index is 12.3. The molecule has 2 aromatic rings. The van der Waals surface area contributed by atoms with Gasteiger partial charge in [-0.15, -0.1) is 23.7 Å². The Kier molecular flexibility index (Phi) is 8.33. The lowest BCUT2D eigenvalue weighted by atomic mass is 10.1. The SMILES string of the molecule is CC(C(=O)Nc1cccc(S(=O)(=O)NCCN)c1)c1ccc(Cl)s1.Cl. The molecule has 1 amide bonds. The van der Waals surface area contributed by atoms with Gasteiger partial charge in [-0.1, -0.05) is 17.7 Å². The minimum absolute atomic E-state index is 0. The second kappa shape index (κ2) is 9.51. The van der Waals surface area contributed by atoms with Gasteiger partial charge >= 0.3 is 0 Å². The number of carbonyl (C=O) groups is 1. The maximum absolute atomic E-state index is 12.3. The van der Waals surface area contributed by atoms with Gasteiger partial charge in [-0.05, 0) is 37.3 Å². The molecule has 1 aromatic heterocycles. The van der Waals surface area contributed by atoms with Crippen molar-refractivity contribution in [2.24, 2.45) is 5.73 Å². The van der Waals surface area contributed by atoms with Gasteiger partial charge in [0, 0.05) is 23.7 Å². The van der Waals surface area contributed by atoms with Crippen molar-refractivity contribution < 1.29 is 13.2 Å². The largest absolute Gasteiger partial charge is 0.329 e. The number of benzene rings is 1. The summed E-state index contributed by atoms with van der Waals surface area (Å²) in [7, 11) is -3.65. The quantitative estimate of drug-likeness (QED) is 0.636. The van der Waals surface area contributed by atoms with Crippen LogP contribution in [-0.4, -0.2) is 27.4 Å². The van der Waals surface area contributed by atoms with Crippen molar-refractivity contribution in [3.63, 3.8) is 0 Å². The van der Waals surface area contributed by atoms with E-state index in [9.17, 15) is 13.2 Å². The van der Waals surface area contributed by atoms with Crippen molar-refractivity contribution in [2.75, 3.05) is 18.4 Å². The van der Waals surface area contributed by atoms with Gasteiger partial charge in [0.2, 0.25) is 15.9 Å². The van der Waals surface area contributed by atoms with Gasteiger partial charge in [0.15, 0.2) is 0 Å². The van der Waals surface area contributed by atoms with E-state index in [4.69, 9.17) is 17.3 Å². The van der Waals surface area contributed by atoms with E-state index < -0.39 is 15.9 Å². The Hall–Kier alpha value is -1.16. The molecule has 4 N–H and O–H groups in total. The number of sulfonamides is 1. The molecule has 1 atom stereocenters. The summed E-state index contributed by atoms with van der Waals surface area (Å²) >= 11 is 7.22. The number of nitrogens with two attached hydrogens (primary N) is 1. The summed E-state index contributed by atoms with van der Waals surface area (Å²) in [5, 5.41) is 2.73. The number of thiophene rings is 1. The number of halogens is 2. The van der Waals surface area contributed by atoms with Crippen LogP contribution in [0.2, 0.25) is 4.34 Å². The molecule has 0 spiro atoms. The number of hydrogen-bond acceptors (Lipinski definition) is 5. The monoisotopic (exact) mass is 423 g/mol. The van der Waals surface area contributed by atoms with Gasteiger partial charge in [0.05, 0.1) is 15.1 Å². The highest BCUT2D eigenvalue weighted by Gasteiger charge is 2.19. The van der Waals surface area contributed by atoms with Crippen molar-refractivity contribution in [2.45, 2.75) is 17.7 Å². The smallest absolute Gasteiger partial charge is 0.240 e. The Labute approximate surface area is 162 Å². The fraction of sp³-hybridized carbons (Fsp3) is 0.267. The molecule has 138 valence electrons. The average molecular weight is 424 g/mol. The third-order valence-corrected chi connectivity index (χ3v) is 6.13. The lowest BCUT2D eigenvalue weighted by Crippen LogP contribution is -2.29. The summed E-state index contributed by atoms with van der Waals surface area (Å²) in [4.78, 5) is 13.2. The first kappa shape index (κ1) is 21.9. The highest BCUT2D eigenvalue weighted by Crippen LogP contribution is 2.29. The van der Waals surface area contributed by atoms with Crippen molar-refractivity contribution in [1.82, 2.24) is 4.72 Å². The topological polar surface area (TPSA) is 101 Å². The zero-order valence-corrected chi connectivity index (χ0v) is 16.6. The highest BCUT2D eigenvalue weighted by atomic mass is 35.5. The van der Waals surface area contributed by atoms with Crippen LogP contribution >= 0.6 is 35.3 Å².